The summed E-state index contributed by atoms with van der Waals surface area (Å²) in [6.45, 7) is 3.74. The molecule has 0 bridgehead atoms. The Morgan fingerprint density at radius 1 is 1.10 bits per heavy atom. The maximum atomic E-state index is 12.0. The summed E-state index contributed by atoms with van der Waals surface area (Å²) in [5.41, 5.74) is 7.54. The van der Waals surface area contributed by atoms with Crippen LogP contribution in [0.5, 0.6) is 0 Å². The molecule has 3 N–H and O–H groups in total. The average Bonchev–Trinajstić information content (AvgIpc) is 2.44. The SMILES string of the molecule is CNC(=O)NNC(=O)c1cc2cc(C)ccc2nc1C. The molecule has 0 atom stereocenters. The number of urea groups is 1. The van der Waals surface area contributed by atoms with Crippen LogP contribution in [0.25, 0.3) is 10.9 Å². The molecular formula is C14H16N4O2. The third kappa shape index (κ3) is 2.85. The van der Waals surface area contributed by atoms with Crippen LogP contribution in [0.4, 0.5) is 4.79 Å². The highest BCUT2D eigenvalue weighted by Crippen LogP contribution is 2.17. The van der Waals surface area contributed by atoms with E-state index in [2.05, 4.69) is 21.2 Å². The number of amides is 3. The predicted molar refractivity (Wildman–Crippen MR) is 76.3 cm³/mol. The molecule has 20 heavy (non-hydrogen) atoms. The minimum atomic E-state index is -0.486. The van der Waals surface area contributed by atoms with Gasteiger partial charge in [-0.15, -0.1) is 0 Å². The van der Waals surface area contributed by atoms with E-state index in [-0.39, 0.29) is 0 Å². The minimum Gasteiger partial charge on any atom is -0.340 e. The monoisotopic (exact) mass is 272 g/mol. The number of hydrogen-bond acceptors (Lipinski definition) is 3. The van der Waals surface area contributed by atoms with Gasteiger partial charge < -0.3 is 5.32 Å². The largest absolute Gasteiger partial charge is 0.340 e. The van der Waals surface area contributed by atoms with E-state index in [9.17, 15) is 9.59 Å². The predicted octanol–water partition coefficient (Wildman–Crippen LogP) is 1.43. The standard InChI is InChI=1S/C14H16N4O2/c1-8-4-5-12-10(6-8)7-11(9(2)16-12)13(19)17-18-14(20)15-3/h4-7H,1-3H3,(H,17,19)(H2,15,18,20). The van der Waals surface area contributed by atoms with E-state index in [1.807, 2.05) is 25.1 Å². The van der Waals surface area contributed by atoms with Gasteiger partial charge in [0.2, 0.25) is 0 Å². The number of aryl methyl sites for hydroxylation is 2. The molecule has 1 aromatic carbocycles. The third-order valence-electron chi connectivity index (χ3n) is 2.92. The molecule has 1 aromatic heterocycles. The summed E-state index contributed by atoms with van der Waals surface area (Å²) < 4.78 is 0. The van der Waals surface area contributed by atoms with Crippen LogP contribution in [0.3, 0.4) is 0 Å². The molecule has 104 valence electrons. The molecule has 0 aliphatic carbocycles. The quantitative estimate of drug-likeness (QED) is 0.687. The molecular weight excluding hydrogens is 256 g/mol. The van der Waals surface area contributed by atoms with E-state index in [0.29, 0.717) is 11.3 Å². The van der Waals surface area contributed by atoms with Crippen LogP contribution >= 0.6 is 0 Å². The molecule has 0 saturated carbocycles. The molecule has 2 aromatic rings. The van der Waals surface area contributed by atoms with E-state index >= 15 is 0 Å². The lowest BCUT2D eigenvalue weighted by Crippen LogP contribution is -2.46. The van der Waals surface area contributed by atoms with Gasteiger partial charge in [-0.2, -0.15) is 0 Å². The van der Waals surface area contributed by atoms with Gasteiger partial charge >= 0.3 is 6.03 Å². The van der Waals surface area contributed by atoms with Crippen molar-refractivity contribution in [3.05, 3.63) is 41.1 Å². The molecule has 0 aliphatic rings. The summed E-state index contributed by atoms with van der Waals surface area (Å²) >= 11 is 0. The Kier molecular flexibility index (Phi) is 3.84. The maximum Gasteiger partial charge on any atom is 0.333 e. The van der Waals surface area contributed by atoms with Gasteiger partial charge in [0, 0.05) is 12.4 Å². The number of carbonyl (C=O) groups excluding carboxylic acids is 2. The Hall–Kier alpha value is -2.63. The van der Waals surface area contributed by atoms with Gasteiger partial charge in [-0.3, -0.25) is 15.2 Å². The molecule has 0 spiro atoms. The Morgan fingerprint density at radius 2 is 1.85 bits per heavy atom. The lowest BCUT2D eigenvalue weighted by atomic mass is 10.1. The molecule has 3 amide bonds. The second kappa shape index (κ2) is 5.56. The van der Waals surface area contributed by atoms with Crippen molar-refractivity contribution in [2.75, 3.05) is 7.05 Å². The minimum absolute atomic E-state index is 0.401. The van der Waals surface area contributed by atoms with Crippen molar-refractivity contribution in [1.29, 1.82) is 0 Å². The smallest absolute Gasteiger partial charge is 0.333 e. The molecule has 0 aliphatic heterocycles. The number of pyridine rings is 1. The van der Waals surface area contributed by atoms with Crippen molar-refractivity contribution in [3.8, 4) is 0 Å². The molecule has 6 heteroatoms. The molecule has 2 rings (SSSR count). The molecule has 1 heterocycles. The second-order valence-corrected chi connectivity index (χ2v) is 4.48. The number of nitrogens with zero attached hydrogens (tertiary/aromatic N) is 1. The van der Waals surface area contributed by atoms with Crippen LogP contribution < -0.4 is 16.2 Å². The fourth-order valence-electron chi connectivity index (χ4n) is 1.87. The van der Waals surface area contributed by atoms with Gasteiger partial charge in [0.1, 0.15) is 0 Å². The van der Waals surface area contributed by atoms with Crippen LogP contribution in [-0.2, 0) is 0 Å². The summed E-state index contributed by atoms with van der Waals surface area (Å²) in [6.07, 6.45) is 0. The van der Waals surface area contributed by atoms with E-state index in [0.717, 1.165) is 16.5 Å². The highest BCUT2D eigenvalue weighted by molar-refractivity contribution is 5.99. The highest BCUT2D eigenvalue weighted by atomic mass is 16.2. The summed E-state index contributed by atoms with van der Waals surface area (Å²) in [4.78, 5) is 27.5. The fourth-order valence-corrected chi connectivity index (χ4v) is 1.87. The lowest BCUT2D eigenvalue weighted by Gasteiger charge is -2.09. The van der Waals surface area contributed by atoms with Gasteiger partial charge in [-0.05, 0) is 32.0 Å². The van der Waals surface area contributed by atoms with Gasteiger partial charge in [0.25, 0.3) is 5.91 Å². The number of rotatable bonds is 1. The van der Waals surface area contributed by atoms with Crippen molar-refractivity contribution in [3.63, 3.8) is 0 Å². The van der Waals surface area contributed by atoms with Crippen LogP contribution in [0.1, 0.15) is 21.6 Å². The highest BCUT2D eigenvalue weighted by Gasteiger charge is 2.12. The first-order valence-corrected chi connectivity index (χ1v) is 6.17. The van der Waals surface area contributed by atoms with E-state index in [1.165, 1.54) is 7.05 Å². The van der Waals surface area contributed by atoms with Crippen LogP contribution in [0.15, 0.2) is 24.3 Å². The van der Waals surface area contributed by atoms with Crippen molar-refractivity contribution in [2.24, 2.45) is 0 Å². The molecule has 0 fully saturated rings. The molecule has 0 unspecified atom stereocenters. The van der Waals surface area contributed by atoms with Crippen LogP contribution in [-0.4, -0.2) is 24.0 Å². The Morgan fingerprint density at radius 3 is 2.55 bits per heavy atom. The van der Waals surface area contributed by atoms with Crippen molar-refractivity contribution >= 4 is 22.8 Å². The van der Waals surface area contributed by atoms with E-state index in [4.69, 9.17) is 0 Å². The van der Waals surface area contributed by atoms with E-state index in [1.54, 1.807) is 13.0 Å². The van der Waals surface area contributed by atoms with Gasteiger partial charge in [-0.1, -0.05) is 11.6 Å². The number of carbonyl (C=O) groups is 2. The van der Waals surface area contributed by atoms with Crippen LogP contribution in [0.2, 0.25) is 0 Å². The summed E-state index contributed by atoms with van der Waals surface area (Å²) in [5.74, 6) is -0.401. The van der Waals surface area contributed by atoms with Gasteiger partial charge in [0.05, 0.1) is 16.8 Å². The number of nitrogens with one attached hydrogen (secondary N) is 3. The molecule has 0 saturated heterocycles. The zero-order valence-corrected chi connectivity index (χ0v) is 11.6. The van der Waals surface area contributed by atoms with Crippen molar-refractivity contribution in [2.45, 2.75) is 13.8 Å². The summed E-state index contributed by atoms with van der Waals surface area (Å²) in [7, 11) is 1.47. The lowest BCUT2D eigenvalue weighted by molar-refractivity contribution is 0.0935. The number of aromatic nitrogens is 1. The zero-order chi connectivity index (χ0) is 14.7. The topological polar surface area (TPSA) is 83.1 Å². The summed E-state index contributed by atoms with van der Waals surface area (Å²) in [6, 6.07) is 7.14. The third-order valence-corrected chi connectivity index (χ3v) is 2.92. The van der Waals surface area contributed by atoms with E-state index < -0.39 is 11.9 Å². The van der Waals surface area contributed by atoms with Gasteiger partial charge in [-0.25, -0.2) is 10.2 Å². The van der Waals surface area contributed by atoms with Crippen molar-refractivity contribution in [1.82, 2.24) is 21.2 Å². The molecule has 0 radical (unpaired) electrons. The van der Waals surface area contributed by atoms with Crippen molar-refractivity contribution < 1.29 is 9.59 Å². The molecule has 6 nitrogen and oxygen atoms in total. The second-order valence-electron chi connectivity index (χ2n) is 4.48. The number of hydrogen-bond donors (Lipinski definition) is 3. The maximum absolute atomic E-state index is 12.0. The Bertz CT molecular complexity index is 682. The Balaban J connectivity index is 2.31. The number of benzene rings is 1. The van der Waals surface area contributed by atoms with Crippen LogP contribution in [0, 0.1) is 13.8 Å². The number of hydrazine groups is 1. The fraction of sp³-hybridized carbons (Fsp3) is 0.214. The number of fused-ring (bicyclic) bond motifs is 1. The average molecular weight is 272 g/mol. The zero-order valence-electron chi connectivity index (χ0n) is 11.6. The normalized spacial score (nSPS) is 10.2. The Labute approximate surface area is 116 Å². The summed E-state index contributed by atoms with van der Waals surface area (Å²) in [5, 5.41) is 3.23. The first-order chi connectivity index (χ1) is 9.51. The first-order valence-electron chi connectivity index (χ1n) is 6.17. The first kappa shape index (κ1) is 13.8. The van der Waals surface area contributed by atoms with Gasteiger partial charge in [0.15, 0.2) is 0 Å².